The average Bonchev–Trinajstić information content (AvgIpc) is 2.79. The van der Waals surface area contributed by atoms with Crippen molar-refractivity contribution >= 4 is 17.3 Å². The molecule has 35 heavy (non-hydrogen) atoms. The van der Waals surface area contributed by atoms with Crippen molar-refractivity contribution in [2.45, 2.75) is 6.92 Å². The van der Waals surface area contributed by atoms with Crippen LogP contribution in [0.3, 0.4) is 0 Å². The second-order valence-corrected chi connectivity index (χ2v) is 6.26. The first kappa shape index (κ1) is 25.8. The molecule has 0 atom stereocenters. The van der Waals surface area contributed by atoms with Crippen molar-refractivity contribution in [3.8, 4) is 0 Å². The van der Waals surface area contributed by atoms with Crippen LogP contribution < -0.4 is 28.1 Å². The summed E-state index contributed by atoms with van der Waals surface area (Å²) in [6, 6.07) is 11.3. The van der Waals surface area contributed by atoms with Gasteiger partial charge in [-0.2, -0.15) is 0 Å². The largest absolute Gasteiger partial charge is 0.542 e. The molecular weight excluding hydrogens is 474 g/mol. The van der Waals surface area contributed by atoms with E-state index in [9.17, 15) is 33.6 Å². The topological polar surface area (TPSA) is 221 Å². The quantitative estimate of drug-likeness (QED) is 0.234. The van der Waals surface area contributed by atoms with Gasteiger partial charge in [-0.25, -0.2) is 14.4 Å². The Morgan fingerprint density at radius 3 is 1.71 bits per heavy atom. The number of hydrogen-bond acceptors (Lipinski definition) is 11. The molecule has 15 heteroatoms. The maximum Gasteiger partial charge on any atom is 0.542 e. The molecule has 0 aliphatic rings. The SMILES string of the molecule is CC(=O)c1cccc(=O)n1O.O=C(O)c1cccc(=O)n1O.O=c1oc(=O)c2cccc(=O)n2o1. The van der Waals surface area contributed by atoms with E-state index in [2.05, 4.69) is 8.94 Å². The van der Waals surface area contributed by atoms with Gasteiger partial charge >= 0.3 is 17.4 Å². The van der Waals surface area contributed by atoms with Gasteiger partial charge < -0.3 is 19.9 Å². The van der Waals surface area contributed by atoms with Crippen LogP contribution in [-0.4, -0.2) is 41.3 Å². The fraction of sp³-hybridized carbons (Fsp3) is 0.0500. The van der Waals surface area contributed by atoms with E-state index in [-0.39, 0.29) is 21.7 Å². The van der Waals surface area contributed by atoms with E-state index in [1.807, 2.05) is 0 Å². The summed E-state index contributed by atoms with van der Waals surface area (Å²) in [6.07, 6.45) is 0. The Morgan fingerprint density at radius 2 is 1.23 bits per heavy atom. The maximum absolute atomic E-state index is 11.0. The number of carboxylic acids is 1. The summed E-state index contributed by atoms with van der Waals surface area (Å²) in [5.41, 5.74) is -3.40. The molecule has 4 aromatic heterocycles. The van der Waals surface area contributed by atoms with Crippen LogP contribution >= 0.6 is 0 Å². The van der Waals surface area contributed by atoms with E-state index in [0.717, 1.165) is 18.2 Å². The first-order valence-corrected chi connectivity index (χ1v) is 9.17. The number of Topliss-reactive ketones (excluding diaryl/α,β-unsaturated/α-hetero) is 1. The van der Waals surface area contributed by atoms with E-state index in [1.165, 1.54) is 43.3 Å². The molecule has 3 N–H and O–H groups in total. The highest BCUT2D eigenvalue weighted by molar-refractivity contribution is 5.92. The number of aromatic carboxylic acids is 1. The Kier molecular flexibility index (Phi) is 8.03. The van der Waals surface area contributed by atoms with Gasteiger partial charge in [-0.05, 0) is 18.2 Å². The molecule has 0 bridgehead atoms. The molecule has 0 unspecified atom stereocenters. The summed E-state index contributed by atoms with van der Waals surface area (Å²) in [7, 11) is 0. The van der Waals surface area contributed by atoms with Crippen LogP contribution in [-0.2, 0) is 0 Å². The number of ketones is 1. The standard InChI is InChI=1S/C7H3NO5.C7H7NO3.C6H5NO4/c9-5-3-1-2-4-6(10)12-7(11)13-8(4)5;1-5(9)6-3-2-4-7(10)8(6)11;8-5-3-1-2-4(6(9)10)7(5)11/h1-3H;2-4,11H,1H3;1-3,11H,(H,9,10). The number of carboxylic acid groups (broad SMARTS) is 1. The summed E-state index contributed by atoms with van der Waals surface area (Å²) in [4.78, 5) is 74.8. The maximum atomic E-state index is 11.0. The molecule has 0 saturated heterocycles. The van der Waals surface area contributed by atoms with Crippen LogP contribution in [0.4, 0.5) is 0 Å². The predicted molar refractivity (Wildman–Crippen MR) is 113 cm³/mol. The van der Waals surface area contributed by atoms with Gasteiger partial charge in [0.05, 0.1) is 0 Å². The van der Waals surface area contributed by atoms with Crippen molar-refractivity contribution in [3.05, 3.63) is 118 Å². The molecule has 4 aromatic rings. The van der Waals surface area contributed by atoms with Crippen LogP contribution in [0.5, 0.6) is 0 Å². The number of pyridine rings is 3. The third-order valence-corrected chi connectivity index (χ3v) is 3.90. The first-order chi connectivity index (χ1) is 16.4. The fourth-order valence-electron chi connectivity index (χ4n) is 2.33. The fourth-order valence-corrected chi connectivity index (χ4v) is 2.33. The molecule has 0 aliphatic heterocycles. The zero-order chi connectivity index (χ0) is 26.3. The minimum atomic E-state index is -1.34. The Labute approximate surface area is 191 Å². The first-order valence-electron chi connectivity index (χ1n) is 9.17. The van der Waals surface area contributed by atoms with E-state index >= 15 is 0 Å². The normalized spacial score (nSPS) is 9.86. The number of nitrogens with zero attached hydrogens (tertiary/aromatic N) is 3. The van der Waals surface area contributed by atoms with Gasteiger partial charge in [0.15, 0.2) is 17.0 Å². The predicted octanol–water partition coefficient (Wildman–Crippen LogP) is -0.722. The smallest absolute Gasteiger partial charge is 0.476 e. The second kappa shape index (κ2) is 10.9. The molecule has 0 aliphatic carbocycles. The molecule has 0 spiro atoms. The van der Waals surface area contributed by atoms with Gasteiger partial charge in [0.25, 0.3) is 16.7 Å². The van der Waals surface area contributed by atoms with Gasteiger partial charge in [-0.3, -0.25) is 23.7 Å². The van der Waals surface area contributed by atoms with Crippen molar-refractivity contribution in [1.82, 2.24) is 14.0 Å². The number of fused-ring (bicyclic) bond motifs is 1. The number of carbonyl (C=O) groups excluding carboxylic acids is 1. The lowest BCUT2D eigenvalue weighted by atomic mass is 10.3. The Morgan fingerprint density at radius 1 is 0.743 bits per heavy atom. The van der Waals surface area contributed by atoms with Gasteiger partial charge in [-0.15, -0.1) is 14.0 Å². The summed E-state index contributed by atoms with van der Waals surface area (Å²) >= 11 is 0. The third kappa shape index (κ3) is 6.28. The molecule has 4 rings (SSSR count). The lowest BCUT2D eigenvalue weighted by molar-refractivity contribution is 0.0634. The zero-order valence-electron chi connectivity index (χ0n) is 17.6. The number of hydrogen-bond donors (Lipinski definition) is 3. The summed E-state index contributed by atoms with van der Waals surface area (Å²) in [6.45, 7) is 1.28. The highest BCUT2D eigenvalue weighted by Crippen LogP contribution is 1.94. The average molecular weight is 489 g/mol. The van der Waals surface area contributed by atoms with Gasteiger partial charge in [0.2, 0.25) is 0 Å². The van der Waals surface area contributed by atoms with Crippen LogP contribution in [0.25, 0.3) is 5.52 Å². The number of carbonyl (C=O) groups is 2. The molecule has 0 radical (unpaired) electrons. The second-order valence-electron chi connectivity index (χ2n) is 6.26. The summed E-state index contributed by atoms with van der Waals surface area (Å²) in [5.74, 6) is -2.89. The highest BCUT2D eigenvalue weighted by atomic mass is 16.6. The third-order valence-electron chi connectivity index (χ3n) is 3.90. The zero-order valence-corrected chi connectivity index (χ0v) is 17.6. The highest BCUT2D eigenvalue weighted by Gasteiger charge is 2.08. The van der Waals surface area contributed by atoms with Crippen molar-refractivity contribution in [1.29, 1.82) is 0 Å². The molecule has 182 valence electrons. The van der Waals surface area contributed by atoms with Crippen molar-refractivity contribution < 1.29 is 34.1 Å². The van der Waals surface area contributed by atoms with E-state index in [0.29, 0.717) is 9.30 Å². The van der Waals surface area contributed by atoms with Crippen LogP contribution in [0.15, 0.2) is 87.5 Å². The summed E-state index contributed by atoms with van der Waals surface area (Å²) in [5, 5.41) is 26.1. The minimum absolute atomic E-state index is 0.00231. The molecule has 0 amide bonds. The van der Waals surface area contributed by atoms with Gasteiger partial charge in [0.1, 0.15) is 5.69 Å². The monoisotopic (exact) mass is 489 g/mol. The summed E-state index contributed by atoms with van der Waals surface area (Å²) < 4.78 is 9.48. The van der Waals surface area contributed by atoms with Crippen LogP contribution in [0, 0.1) is 0 Å². The Balaban J connectivity index is 0.000000186. The van der Waals surface area contributed by atoms with Gasteiger partial charge in [0, 0.05) is 25.1 Å². The Hall–Kier alpha value is -5.47. The van der Waals surface area contributed by atoms with Crippen molar-refractivity contribution in [3.63, 3.8) is 0 Å². The molecule has 0 aromatic carbocycles. The molecule has 0 saturated carbocycles. The van der Waals surface area contributed by atoms with Crippen LogP contribution in [0.1, 0.15) is 27.9 Å². The number of aromatic nitrogens is 3. The van der Waals surface area contributed by atoms with Gasteiger partial charge in [-0.1, -0.05) is 18.2 Å². The Bertz CT molecular complexity index is 1620. The molecule has 15 nitrogen and oxygen atoms in total. The number of rotatable bonds is 2. The van der Waals surface area contributed by atoms with E-state index in [1.54, 1.807) is 0 Å². The van der Waals surface area contributed by atoms with E-state index in [4.69, 9.17) is 15.5 Å². The molecular formula is C20H15N3O12. The van der Waals surface area contributed by atoms with Crippen LogP contribution in [0.2, 0.25) is 0 Å². The van der Waals surface area contributed by atoms with E-state index < -0.39 is 39.8 Å². The molecule has 4 heterocycles. The lowest BCUT2D eigenvalue weighted by Gasteiger charge is -1.99. The lowest BCUT2D eigenvalue weighted by Crippen LogP contribution is -2.22. The van der Waals surface area contributed by atoms with Crippen molar-refractivity contribution in [2.24, 2.45) is 0 Å². The van der Waals surface area contributed by atoms with Crippen molar-refractivity contribution in [2.75, 3.05) is 0 Å². The molecule has 0 fully saturated rings. The minimum Gasteiger partial charge on any atom is -0.476 e.